The zero-order valence-corrected chi connectivity index (χ0v) is 10.0. The van der Waals surface area contributed by atoms with Gasteiger partial charge in [-0.1, -0.05) is 28.4 Å². The Labute approximate surface area is 107 Å². The first-order chi connectivity index (χ1) is 8.25. The van der Waals surface area contributed by atoms with E-state index in [-0.39, 0.29) is 0 Å². The molecular formula is C11H6Cl2N4. The Bertz CT molecular complexity index is 693. The largest absolute Gasteiger partial charge is 0.235 e. The Morgan fingerprint density at radius 2 is 1.94 bits per heavy atom. The summed E-state index contributed by atoms with van der Waals surface area (Å²) < 4.78 is 1.62. The zero-order chi connectivity index (χ0) is 11.8. The maximum absolute atomic E-state index is 5.97. The predicted octanol–water partition coefficient (Wildman–Crippen LogP) is 3.12. The lowest BCUT2D eigenvalue weighted by molar-refractivity contribution is 0.817. The summed E-state index contributed by atoms with van der Waals surface area (Å²) in [5, 5.41) is 9.04. The van der Waals surface area contributed by atoms with Gasteiger partial charge in [-0.05, 0) is 30.3 Å². The molecule has 0 N–H and O–H groups in total. The van der Waals surface area contributed by atoms with Crippen molar-refractivity contribution in [3.8, 4) is 5.69 Å². The number of nitrogens with zero attached hydrogens (tertiary/aromatic N) is 4. The molecule has 0 fully saturated rings. The van der Waals surface area contributed by atoms with Crippen LogP contribution in [-0.2, 0) is 0 Å². The van der Waals surface area contributed by atoms with E-state index >= 15 is 0 Å². The number of hydrogen-bond donors (Lipinski definition) is 0. The van der Waals surface area contributed by atoms with Crippen LogP contribution in [0.2, 0.25) is 10.0 Å². The minimum Gasteiger partial charge on any atom is -0.235 e. The molecule has 0 saturated heterocycles. The van der Waals surface area contributed by atoms with E-state index in [4.69, 9.17) is 23.2 Å². The Kier molecular flexibility index (Phi) is 2.46. The van der Waals surface area contributed by atoms with Crippen molar-refractivity contribution in [3.05, 3.63) is 46.6 Å². The molecule has 0 bridgehead atoms. The minimum atomic E-state index is 0.476. The maximum atomic E-state index is 5.97. The highest BCUT2D eigenvalue weighted by molar-refractivity contribution is 6.42. The van der Waals surface area contributed by atoms with Gasteiger partial charge < -0.3 is 0 Å². The molecule has 0 spiro atoms. The number of fused-ring (bicyclic) bond motifs is 1. The second-order valence-corrected chi connectivity index (χ2v) is 4.26. The summed E-state index contributed by atoms with van der Waals surface area (Å²) >= 11 is 11.8. The van der Waals surface area contributed by atoms with E-state index in [2.05, 4.69) is 15.3 Å². The van der Waals surface area contributed by atoms with Crippen molar-refractivity contribution < 1.29 is 0 Å². The van der Waals surface area contributed by atoms with Gasteiger partial charge in [-0.2, -0.15) is 4.68 Å². The molecule has 84 valence electrons. The van der Waals surface area contributed by atoms with Gasteiger partial charge in [0.1, 0.15) is 5.52 Å². The molecule has 0 saturated carbocycles. The summed E-state index contributed by atoms with van der Waals surface area (Å²) in [6, 6.07) is 8.93. The average Bonchev–Trinajstić information content (AvgIpc) is 2.76. The average molecular weight is 265 g/mol. The van der Waals surface area contributed by atoms with Crippen LogP contribution in [0.1, 0.15) is 0 Å². The van der Waals surface area contributed by atoms with E-state index in [0.717, 1.165) is 11.2 Å². The van der Waals surface area contributed by atoms with Crippen LogP contribution in [0, 0.1) is 0 Å². The van der Waals surface area contributed by atoms with Crippen LogP contribution in [0.25, 0.3) is 16.9 Å². The Morgan fingerprint density at radius 1 is 1.06 bits per heavy atom. The van der Waals surface area contributed by atoms with Crippen LogP contribution in [0.15, 0.2) is 36.5 Å². The monoisotopic (exact) mass is 264 g/mol. The van der Waals surface area contributed by atoms with Crippen molar-refractivity contribution in [1.29, 1.82) is 0 Å². The molecule has 2 heterocycles. The Morgan fingerprint density at radius 3 is 2.76 bits per heavy atom. The van der Waals surface area contributed by atoms with Crippen molar-refractivity contribution in [3.63, 3.8) is 0 Å². The second kappa shape index (κ2) is 3.98. The number of pyridine rings is 1. The molecule has 0 amide bonds. The van der Waals surface area contributed by atoms with E-state index < -0.39 is 0 Å². The highest BCUT2D eigenvalue weighted by Gasteiger charge is 2.08. The fraction of sp³-hybridized carbons (Fsp3) is 0. The van der Waals surface area contributed by atoms with Gasteiger partial charge in [-0.25, -0.2) is 4.98 Å². The van der Waals surface area contributed by atoms with E-state index in [1.807, 2.05) is 18.2 Å². The van der Waals surface area contributed by atoms with Gasteiger partial charge >= 0.3 is 0 Å². The lowest BCUT2D eigenvalue weighted by Crippen LogP contribution is -1.97. The highest BCUT2D eigenvalue weighted by atomic mass is 35.5. The van der Waals surface area contributed by atoms with Gasteiger partial charge in [-0.15, -0.1) is 5.10 Å². The lowest BCUT2D eigenvalue weighted by atomic mass is 10.3. The first kappa shape index (κ1) is 10.5. The van der Waals surface area contributed by atoms with Gasteiger partial charge in [-0.3, -0.25) is 0 Å². The van der Waals surface area contributed by atoms with E-state index in [1.54, 1.807) is 23.0 Å². The predicted molar refractivity (Wildman–Crippen MR) is 66.7 cm³/mol. The third kappa shape index (κ3) is 1.75. The van der Waals surface area contributed by atoms with Crippen molar-refractivity contribution in [2.75, 3.05) is 0 Å². The number of rotatable bonds is 1. The van der Waals surface area contributed by atoms with Crippen LogP contribution < -0.4 is 0 Å². The normalized spacial score (nSPS) is 10.9. The fourth-order valence-electron chi connectivity index (χ4n) is 1.56. The van der Waals surface area contributed by atoms with Crippen molar-refractivity contribution >= 4 is 34.4 Å². The summed E-state index contributed by atoms with van der Waals surface area (Å²) in [5.41, 5.74) is 2.20. The third-order valence-corrected chi connectivity index (χ3v) is 3.10. The van der Waals surface area contributed by atoms with Gasteiger partial charge in [0, 0.05) is 6.20 Å². The summed E-state index contributed by atoms with van der Waals surface area (Å²) in [6.07, 6.45) is 1.69. The number of halogens is 2. The van der Waals surface area contributed by atoms with Crippen molar-refractivity contribution in [1.82, 2.24) is 20.0 Å². The zero-order valence-electron chi connectivity index (χ0n) is 8.51. The molecule has 6 heteroatoms. The molecule has 3 rings (SSSR count). The van der Waals surface area contributed by atoms with Crippen molar-refractivity contribution in [2.45, 2.75) is 0 Å². The van der Waals surface area contributed by atoms with Crippen LogP contribution in [0.3, 0.4) is 0 Å². The standard InChI is InChI=1S/C11H6Cl2N4/c12-8-4-3-7(6-9(8)13)17-11-10(15-16-17)2-1-5-14-11/h1-6H. The van der Waals surface area contributed by atoms with Crippen LogP contribution >= 0.6 is 23.2 Å². The first-order valence-electron chi connectivity index (χ1n) is 4.87. The van der Waals surface area contributed by atoms with E-state index in [9.17, 15) is 0 Å². The van der Waals surface area contributed by atoms with Gasteiger partial charge in [0.2, 0.25) is 0 Å². The Hall–Kier alpha value is -1.65. The van der Waals surface area contributed by atoms with E-state index in [1.165, 1.54) is 0 Å². The summed E-state index contributed by atoms with van der Waals surface area (Å²) in [4.78, 5) is 4.23. The molecule has 0 aliphatic heterocycles. The molecule has 17 heavy (non-hydrogen) atoms. The topological polar surface area (TPSA) is 43.6 Å². The molecular weight excluding hydrogens is 259 g/mol. The summed E-state index contributed by atoms with van der Waals surface area (Å²) in [7, 11) is 0. The quantitative estimate of drug-likeness (QED) is 0.679. The molecule has 4 nitrogen and oxygen atoms in total. The molecule has 0 aliphatic carbocycles. The van der Waals surface area contributed by atoms with Gasteiger partial charge in [0.05, 0.1) is 15.7 Å². The molecule has 0 atom stereocenters. The fourth-order valence-corrected chi connectivity index (χ4v) is 1.85. The summed E-state index contributed by atoms with van der Waals surface area (Å²) in [5.74, 6) is 0. The maximum Gasteiger partial charge on any atom is 0.183 e. The van der Waals surface area contributed by atoms with Gasteiger partial charge in [0.25, 0.3) is 0 Å². The molecule has 0 unspecified atom stereocenters. The Balaban J connectivity index is 2.24. The van der Waals surface area contributed by atoms with Gasteiger partial charge in [0.15, 0.2) is 5.65 Å². The van der Waals surface area contributed by atoms with Crippen LogP contribution in [0.4, 0.5) is 0 Å². The van der Waals surface area contributed by atoms with Crippen LogP contribution in [-0.4, -0.2) is 20.0 Å². The van der Waals surface area contributed by atoms with Crippen LogP contribution in [0.5, 0.6) is 0 Å². The number of aromatic nitrogens is 4. The lowest BCUT2D eigenvalue weighted by Gasteiger charge is -2.02. The molecule has 1 aromatic carbocycles. The second-order valence-electron chi connectivity index (χ2n) is 3.45. The number of hydrogen-bond acceptors (Lipinski definition) is 3. The summed E-state index contributed by atoms with van der Waals surface area (Å²) in [6.45, 7) is 0. The van der Waals surface area contributed by atoms with E-state index in [0.29, 0.717) is 15.7 Å². The molecule has 2 aromatic heterocycles. The number of benzene rings is 1. The molecule has 3 aromatic rings. The molecule has 0 aliphatic rings. The third-order valence-electron chi connectivity index (χ3n) is 2.36. The highest BCUT2D eigenvalue weighted by Crippen LogP contribution is 2.25. The minimum absolute atomic E-state index is 0.476. The first-order valence-corrected chi connectivity index (χ1v) is 5.63. The van der Waals surface area contributed by atoms with Crippen molar-refractivity contribution in [2.24, 2.45) is 0 Å². The molecule has 0 radical (unpaired) electrons. The smallest absolute Gasteiger partial charge is 0.183 e. The SMILES string of the molecule is Clc1ccc(-n2nnc3cccnc32)cc1Cl.